The third-order valence-corrected chi connectivity index (χ3v) is 5.32. The van der Waals surface area contributed by atoms with E-state index >= 15 is 0 Å². The van der Waals surface area contributed by atoms with Crippen LogP contribution in [0.1, 0.15) is 18.6 Å². The van der Waals surface area contributed by atoms with Gasteiger partial charge in [-0.3, -0.25) is 10.1 Å². The lowest BCUT2D eigenvalue weighted by Gasteiger charge is -2.23. The summed E-state index contributed by atoms with van der Waals surface area (Å²) in [5.41, 5.74) is 7.95. The van der Waals surface area contributed by atoms with Gasteiger partial charge < -0.3 is 30.4 Å². The van der Waals surface area contributed by atoms with Crippen molar-refractivity contribution < 1.29 is 28.9 Å². The molecule has 0 saturated heterocycles. The van der Waals surface area contributed by atoms with E-state index in [9.17, 15) is 14.7 Å². The molecule has 3 aromatic carbocycles. The number of para-hydroxylation sites is 2. The molecule has 180 valence electrons. The molecule has 0 bridgehead atoms. The number of hydrogen-bond acceptors (Lipinski definition) is 7. The second-order valence-corrected chi connectivity index (χ2v) is 7.91. The number of fused-ring (bicyclic) bond motifs is 1. The number of benzene rings is 3. The monoisotopic (exact) mass is 475 g/mol. The van der Waals surface area contributed by atoms with Crippen LogP contribution in [0.15, 0.2) is 78.9 Å². The average molecular weight is 476 g/mol. The van der Waals surface area contributed by atoms with Crippen molar-refractivity contribution in [3.63, 3.8) is 0 Å². The number of anilines is 3. The zero-order valence-electron chi connectivity index (χ0n) is 18.9. The number of amides is 2. The van der Waals surface area contributed by atoms with Gasteiger partial charge in [0.05, 0.1) is 11.4 Å². The summed E-state index contributed by atoms with van der Waals surface area (Å²) in [6, 6.07) is 18.3. The Hall–Kier alpha value is -4.66. The highest BCUT2D eigenvalue weighted by Gasteiger charge is 2.23. The Balaban J connectivity index is 1.46. The quantitative estimate of drug-likeness (QED) is 0.284. The summed E-state index contributed by atoms with van der Waals surface area (Å²) in [4.78, 5) is 25.1. The van der Waals surface area contributed by atoms with E-state index in [0.29, 0.717) is 34.1 Å². The predicted octanol–water partition coefficient (Wildman–Crippen LogP) is 4.82. The maximum absolute atomic E-state index is 12.7. The highest BCUT2D eigenvalue weighted by Crippen LogP contribution is 2.35. The van der Waals surface area contributed by atoms with Gasteiger partial charge in [0, 0.05) is 17.7 Å². The van der Waals surface area contributed by atoms with E-state index in [1.54, 1.807) is 60.7 Å². The summed E-state index contributed by atoms with van der Waals surface area (Å²) in [5.74, 6) is 0.449. The molecule has 0 spiro atoms. The number of nitrogen functional groups attached to an aromatic ring is 1. The molecule has 9 heteroatoms. The van der Waals surface area contributed by atoms with Crippen molar-refractivity contribution in [3.8, 4) is 17.2 Å². The molecule has 0 fully saturated rings. The fraction of sp³-hybridized carbons (Fsp3) is 0.154. The minimum Gasteiger partial charge on any atom is -0.508 e. The number of rotatable bonds is 7. The fourth-order valence-electron chi connectivity index (χ4n) is 3.51. The third-order valence-electron chi connectivity index (χ3n) is 5.32. The van der Waals surface area contributed by atoms with Gasteiger partial charge in [-0.25, -0.2) is 4.79 Å². The standard InChI is InChI=1S/C26H25N3O6/c1-16(6-13-24(31)29-21-5-3-2-4-20(21)27)25(17-7-10-19(30)11-8-17)35-26(32)28-18-9-12-22-23(14-18)34-15-33-22/h2-14,16,25,30H,15,27H2,1H3,(H,28,32)(H,29,31)/b13-6+/t16-,25+/m0/s1. The molecule has 5 N–H and O–H groups in total. The van der Waals surface area contributed by atoms with Crippen molar-refractivity contribution in [1.29, 1.82) is 0 Å². The first-order valence-corrected chi connectivity index (χ1v) is 10.9. The summed E-state index contributed by atoms with van der Waals surface area (Å²) in [7, 11) is 0. The molecule has 9 nitrogen and oxygen atoms in total. The molecule has 2 atom stereocenters. The van der Waals surface area contributed by atoms with Crippen molar-refractivity contribution in [2.75, 3.05) is 23.2 Å². The maximum Gasteiger partial charge on any atom is 0.412 e. The molecule has 0 aromatic heterocycles. The Labute approximate surface area is 202 Å². The molecule has 0 aliphatic carbocycles. The van der Waals surface area contributed by atoms with Crippen LogP contribution in [0.5, 0.6) is 17.2 Å². The minimum atomic E-state index is -0.740. The van der Waals surface area contributed by atoms with Crippen molar-refractivity contribution in [1.82, 2.24) is 0 Å². The van der Waals surface area contributed by atoms with Crippen molar-refractivity contribution >= 4 is 29.1 Å². The van der Waals surface area contributed by atoms with E-state index in [-0.39, 0.29) is 24.4 Å². The predicted molar refractivity (Wildman–Crippen MR) is 131 cm³/mol. The fourth-order valence-corrected chi connectivity index (χ4v) is 3.51. The Morgan fingerprint density at radius 2 is 1.77 bits per heavy atom. The molecule has 0 saturated carbocycles. The van der Waals surface area contributed by atoms with E-state index in [4.69, 9.17) is 19.9 Å². The van der Waals surface area contributed by atoms with Crippen LogP contribution >= 0.6 is 0 Å². The first-order chi connectivity index (χ1) is 16.9. The molecule has 2 amide bonds. The van der Waals surface area contributed by atoms with Gasteiger partial charge in [0.25, 0.3) is 0 Å². The van der Waals surface area contributed by atoms with Crippen LogP contribution in [-0.4, -0.2) is 23.9 Å². The smallest absolute Gasteiger partial charge is 0.412 e. The van der Waals surface area contributed by atoms with Gasteiger partial charge in [-0.05, 0) is 48.0 Å². The van der Waals surface area contributed by atoms with Gasteiger partial charge >= 0.3 is 6.09 Å². The Morgan fingerprint density at radius 1 is 1.03 bits per heavy atom. The van der Waals surface area contributed by atoms with Crippen LogP contribution in [0, 0.1) is 5.92 Å². The molecule has 1 aliphatic rings. The topological polar surface area (TPSA) is 132 Å². The summed E-state index contributed by atoms with van der Waals surface area (Å²) in [6.07, 6.45) is 1.57. The number of carbonyl (C=O) groups excluding carboxylic acids is 2. The molecule has 4 rings (SSSR count). The van der Waals surface area contributed by atoms with Gasteiger partial charge in [-0.1, -0.05) is 37.3 Å². The van der Waals surface area contributed by atoms with Gasteiger partial charge in [-0.2, -0.15) is 0 Å². The van der Waals surface area contributed by atoms with Crippen molar-refractivity contribution in [2.24, 2.45) is 5.92 Å². The van der Waals surface area contributed by atoms with Crippen LogP contribution in [0.2, 0.25) is 0 Å². The largest absolute Gasteiger partial charge is 0.508 e. The number of carbonyl (C=O) groups is 2. The van der Waals surface area contributed by atoms with Crippen LogP contribution in [0.3, 0.4) is 0 Å². The van der Waals surface area contributed by atoms with Gasteiger partial charge in [0.1, 0.15) is 11.9 Å². The lowest BCUT2D eigenvalue weighted by molar-refractivity contribution is -0.111. The molecular weight excluding hydrogens is 450 g/mol. The first kappa shape index (κ1) is 23.5. The zero-order valence-corrected chi connectivity index (χ0v) is 18.9. The highest BCUT2D eigenvalue weighted by molar-refractivity contribution is 6.01. The molecule has 0 unspecified atom stereocenters. The number of ether oxygens (including phenoxy) is 3. The van der Waals surface area contributed by atoms with E-state index in [2.05, 4.69) is 10.6 Å². The van der Waals surface area contributed by atoms with Crippen molar-refractivity contribution in [2.45, 2.75) is 13.0 Å². The lowest BCUT2D eigenvalue weighted by Crippen LogP contribution is -2.21. The summed E-state index contributed by atoms with van der Waals surface area (Å²) in [6.45, 7) is 1.94. The SMILES string of the molecule is C[C@@H](/C=C/C(=O)Nc1ccccc1N)[C@@H](OC(=O)Nc1ccc2c(c1)OCO2)c1ccc(O)cc1. The van der Waals surface area contributed by atoms with E-state index in [1.165, 1.54) is 18.2 Å². The molecule has 3 aromatic rings. The lowest BCUT2D eigenvalue weighted by atomic mass is 9.96. The van der Waals surface area contributed by atoms with E-state index in [1.807, 2.05) is 6.92 Å². The Kier molecular flexibility index (Phi) is 7.06. The number of nitrogens with two attached hydrogens (primary N) is 1. The average Bonchev–Trinajstić information content (AvgIpc) is 3.31. The number of phenolic OH excluding ortho intramolecular Hbond substituents is 1. The second kappa shape index (κ2) is 10.5. The maximum atomic E-state index is 12.7. The van der Waals surface area contributed by atoms with Crippen molar-refractivity contribution in [3.05, 3.63) is 84.4 Å². The van der Waals surface area contributed by atoms with Crippen LogP contribution in [0.25, 0.3) is 0 Å². The highest BCUT2D eigenvalue weighted by atomic mass is 16.7. The number of aromatic hydroxyl groups is 1. The van der Waals surface area contributed by atoms with Gasteiger partial charge in [0.2, 0.25) is 12.7 Å². The molecular formula is C26H25N3O6. The molecule has 1 heterocycles. The van der Waals surface area contributed by atoms with Gasteiger partial charge in [-0.15, -0.1) is 0 Å². The Bertz CT molecular complexity index is 1240. The first-order valence-electron chi connectivity index (χ1n) is 10.9. The summed E-state index contributed by atoms with van der Waals surface area (Å²) in [5, 5.41) is 15.0. The molecule has 1 aliphatic heterocycles. The summed E-state index contributed by atoms with van der Waals surface area (Å²) < 4.78 is 16.3. The number of hydrogen-bond donors (Lipinski definition) is 4. The summed E-state index contributed by atoms with van der Waals surface area (Å²) >= 11 is 0. The van der Waals surface area contributed by atoms with E-state index in [0.717, 1.165) is 0 Å². The molecule has 0 radical (unpaired) electrons. The third kappa shape index (κ3) is 6.02. The number of phenols is 1. The Morgan fingerprint density at radius 3 is 2.54 bits per heavy atom. The zero-order chi connectivity index (χ0) is 24.8. The van der Waals surface area contributed by atoms with Crippen LogP contribution in [0.4, 0.5) is 21.9 Å². The minimum absolute atomic E-state index is 0.0836. The number of nitrogens with one attached hydrogen (secondary N) is 2. The normalized spacial score (nSPS) is 13.7. The van der Waals surface area contributed by atoms with Gasteiger partial charge in [0.15, 0.2) is 11.5 Å². The second-order valence-electron chi connectivity index (χ2n) is 7.91. The molecule has 35 heavy (non-hydrogen) atoms. The van der Waals surface area contributed by atoms with E-state index < -0.39 is 12.2 Å². The van der Waals surface area contributed by atoms with Crippen LogP contribution in [-0.2, 0) is 9.53 Å². The van der Waals surface area contributed by atoms with Crippen LogP contribution < -0.4 is 25.8 Å².